The van der Waals surface area contributed by atoms with Crippen LogP contribution in [0.15, 0.2) is 18.3 Å². The second-order valence-electron chi connectivity index (χ2n) is 6.85. The van der Waals surface area contributed by atoms with Crippen LogP contribution in [0.2, 0.25) is 0 Å². The zero-order valence-corrected chi connectivity index (χ0v) is 13.9. The third kappa shape index (κ3) is 5.76. The Morgan fingerprint density at radius 2 is 2.14 bits per heavy atom. The molecule has 0 aliphatic carbocycles. The summed E-state index contributed by atoms with van der Waals surface area (Å²) >= 11 is 0. The first-order chi connectivity index (χ1) is 10.1. The Morgan fingerprint density at radius 1 is 1.29 bits per heavy atom. The van der Waals surface area contributed by atoms with Crippen LogP contribution in [-0.2, 0) is 13.1 Å². The van der Waals surface area contributed by atoms with Gasteiger partial charge >= 0.3 is 0 Å². The normalized spacial score (nSPS) is 20.7. The Bertz CT molecular complexity index is 399. The minimum Gasteiger partial charge on any atom is -0.312 e. The Balaban J connectivity index is 1.83. The van der Waals surface area contributed by atoms with Crippen LogP contribution < -0.4 is 5.32 Å². The van der Waals surface area contributed by atoms with Crippen molar-refractivity contribution in [2.24, 2.45) is 5.92 Å². The highest BCUT2D eigenvalue weighted by Crippen LogP contribution is 2.18. The summed E-state index contributed by atoms with van der Waals surface area (Å²) in [7, 11) is 0. The fraction of sp³-hybridized carbons (Fsp3) is 0.722. The third-order valence-electron chi connectivity index (χ3n) is 4.32. The number of nitrogens with one attached hydrogen (secondary N) is 1. The van der Waals surface area contributed by atoms with Crippen molar-refractivity contribution in [2.75, 3.05) is 13.1 Å². The number of pyridine rings is 1. The van der Waals surface area contributed by atoms with Crippen LogP contribution in [0.25, 0.3) is 0 Å². The minimum absolute atomic E-state index is 0.696. The Kier molecular flexibility index (Phi) is 6.65. The standard InChI is InChI=1S/C18H31N3/c1-15(2)11-19-12-17-8-9-18(20-13-17)14-21-10-6-4-5-7-16(21)3/h8-9,13,15-16,19H,4-7,10-12,14H2,1-3H3. The highest BCUT2D eigenvalue weighted by molar-refractivity contribution is 5.14. The van der Waals surface area contributed by atoms with Crippen LogP contribution in [0.3, 0.4) is 0 Å². The van der Waals surface area contributed by atoms with Crippen molar-refractivity contribution in [3.8, 4) is 0 Å². The van der Waals surface area contributed by atoms with Gasteiger partial charge in [0.1, 0.15) is 0 Å². The van der Waals surface area contributed by atoms with Gasteiger partial charge < -0.3 is 5.32 Å². The number of hydrogen-bond acceptors (Lipinski definition) is 3. The predicted octanol–water partition coefficient (Wildman–Crippen LogP) is 3.59. The lowest BCUT2D eigenvalue weighted by molar-refractivity contribution is 0.202. The highest BCUT2D eigenvalue weighted by atomic mass is 15.2. The molecule has 0 amide bonds. The fourth-order valence-corrected chi connectivity index (χ4v) is 2.94. The molecule has 0 saturated carbocycles. The molecular weight excluding hydrogens is 258 g/mol. The molecule has 2 heterocycles. The van der Waals surface area contributed by atoms with E-state index < -0.39 is 0 Å². The summed E-state index contributed by atoms with van der Waals surface area (Å²) < 4.78 is 0. The lowest BCUT2D eigenvalue weighted by Gasteiger charge is -2.26. The summed E-state index contributed by atoms with van der Waals surface area (Å²) in [6.45, 7) is 11.0. The van der Waals surface area contributed by atoms with Gasteiger partial charge in [-0.3, -0.25) is 9.88 Å². The molecule has 0 radical (unpaired) electrons. The molecule has 118 valence electrons. The molecule has 3 heteroatoms. The van der Waals surface area contributed by atoms with Crippen LogP contribution in [0.5, 0.6) is 0 Å². The van der Waals surface area contributed by atoms with Gasteiger partial charge in [-0.2, -0.15) is 0 Å². The first-order valence-corrected chi connectivity index (χ1v) is 8.53. The number of likely N-dealkylation sites (tertiary alicyclic amines) is 1. The van der Waals surface area contributed by atoms with E-state index in [9.17, 15) is 0 Å². The van der Waals surface area contributed by atoms with Gasteiger partial charge in [-0.05, 0) is 50.4 Å². The van der Waals surface area contributed by atoms with Crippen LogP contribution in [0.1, 0.15) is 57.7 Å². The maximum absolute atomic E-state index is 4.65. The van der Waals surface area contributed by atoms with Gasteiger partial charge in [-0.25, -0.2) is 0 Å². The minimum atomic E-state index is 0.696. The number of hydrogen-bond donors (Lipinski definition) is 1. The van der Waals surface area contributed by atoms with Crippen molar-refractivity contribution in [3.05, 3.63) is 29.6 Å². The zero-order chi connectivity index (χ0) is 15.1. The molecule has 1 aliphatic rings. The zero-order valence-electron chi connectivity index (χ0n) is 13.9. The van der Waals surface area contributed by atoms with E-state index in [1.807, 2.05) is 6.20 Å². The second kappa shape index (κ2) is 8.50. The molecule has 1 atom stereocenters. The molecule has 0 aromatic carbocycles. The van der Waals surface area contributed by atoms with E-state index in [0.717, 1.165) is 19.6 Å². The third-order valence-corrected chi connectivity index (χ3v) is 4.32. The van der Waals surface area contributed by atoms with Crippen LogP contribution in [0.4, 0.5) is 0 Å². The van der Waals surface area contributed by atoms with E-state index in [4.69, 9.17) is 0 Å². The number of nitrogens with zero attached hydrogens (tertiary/aromatic N) is 2. The SMILES string of the molecule is CC(C)CNCc1ccc(CN2CCCCCC2C)nc1. The molecule has 1 N–H and O–H groups in total. The first-order valence-electron chi connectivity index (χ1n) is 8.53. The van der Waals surface area contributed by atoms with Crippen molar-refractivity contribution >= 4 is 0 Å². The van der Waals surface area contributed by atoms with Crippen molar-refractivity contribution in [1.82, 2.24) is 15.2 Å². The summed E-state index contributed by atoms with van der Waals surface area (Å²) in [5.41, 5.74) is 2.49. The van der Waals surface area contributed by atoms with Crippen LogP contribution in [0, 0.1) is 5.92 Å². The Labute approximate surface area is 130 Å². The lowest BCUT2D eigenvalue weighted by atomic mass is 10.1. The molecule has 2 rings (SSSR count). The van der Waals surface area contributed by atoms with E-state index in [1.165, 1.54) is 43.5 Å². The van der Waals surface area contributed by atoms with Crippen LogP contribution in [-0.4, -0.2) is 29.0 Å². The van der Waals surface area contributed by atoms with Gasteiger partial charge in [0.2, 0.25) is 0 Å². The highest BCUT2D eigenvalue weighted by Gasteiger charge is 2.17. The van der Waals surface area contributed by atoms with Gasteiger partial charge in [0, 0.05) is 25.3 Å². The quantitative estimate of drug-likeness (QED) is 0.867. The van der Waals surface area contributed by atoms with Crippen LogP contribution >= 0.6 is 0 Å². The molecule has 1 fully saturated rings. The molecular formula is C18H31N3. The Hall–Kier alpha value is -0.930. The van der Waals surface area contributed by atoms with E-state index >= 15 is 0 Å². The second-order valence-corrected chi connectivity index (χ2v) is 6.85. The average molecular weight is 289 g/mol. The largest absolute Gasteiger partial charge is 0.312 e. The summed E-state index contributed by atoms with van der Waals surface area (Å²) in [5, 5.41) is 3.47. The van der Waals surface area contributed by atoms with Gasteiger partial charge in [-0.15, -0.1) is 0 Å². The average Bonchev–Trinajstić information content (AvgIpc) is 2.66. The summed E-state index contributed by atoms with van der Waals surface area (Å²) in [6, 6.07) is 5.11. The maximum atomic E-state index is 4.65. The van der Waals surface area contributed by atoms with E-state index in [2.05, 4.69) is 48.1 Å². The van der Waals surface area contributed by atoms with E-state index in [-0.39, 0.29) is 0 Å². The molecule has 0 bridgehead atoms. The topological polar surface area (TPSA) is 28.2 Å². The summed E-state index contributed by atoms with van der Waals surface area (Å²) in [5.74, 6) is 0.696. The molecule has 1 aromatic rings. The van der Waals surface area contributed by atoms with Crippen molar-refractivity contribution in [3.63, 3.8) is 0 Å². The predicted molar refractivity (Wildman–Crippen MR) is 89.1 cm³/mol. The maximum Gasteiger partial charge on any atom is 0.0544 e. The van der Waals surface area contributed by atoms with Gasteiger partial charge in [0.25, 0.3) is 0 Å². The fourth-order valence-electron chi connectivity index (χ4n) is 2.94. The molecule has 1 saturated heterocycles. The van der Waals surface area contributed by atoms with E-state index in [1.54, 1.807) is 0 Å². The first kappa shape index (κ1) is 16.4. The molecule has 21 heavy (non-hydrogen) atoms. The molecule has 1 unspecified atom stereocenters. The molecule has 3 nitrogen and oxygen atoms in total. The summed E-state index contributed by atoms with van der Waals surface area (Å²) in [6.07, 6.45) is 7.46. The van der Waals surface area contributed by atoms with Gasteiger partial charge in [0.05, 0.1) is 5.69 Å². The smallest absolute Gasteiger partial charge is 0.0544 e. The summed E-state index contributed by atoms with van der Waals surface area (Å²) in [4.78, 5) is 7.24. The van der Waals surface area contributed by atoms with E-state index in [0.29, 0.717) is 12.0 Å². The number of aromatic nitrogens is 1. The Morgan fingerprint density at radius 3 is 2.86 bits per heavy atom. The van der Waals surface area contributed by atoms with Gasteiger partial charge in [0.15, 0.2) is 0 Å². The lowest BCUT2D eigenvalue weighted by Crippen LogP contribution is -2.32. The van der Waals surface area contributed by atoms with Crippen molar-refractivity contribution in [1.29, 1.82) is 0 Å². The van der Waals surface area contributed by atoms with Crippen molar-refractivity contribution < 1.29 is 0 Å². The van der Waals surface area contributed by atoms with Gasteiger partial charge in [-0.1, -0.05) is 32.8 Å². The molecule has 1 aliphatic heterocycles. The molecule has 0 spiro atoms. The number of rotatable bonds is 6. The monoisotopic (exact) mass is 289 g/mol. The van der Waals surface area contributed by atoms with Crippen molar-refractivity contribution in [2.45, 2.75) is 65.6 Å². The molecule has 1 aromatic heterocycles.